The van der Waals surface area contributed by atoms with Crippen molar-refractivity contribution in [1.29, 1.82) is 0 Å². The van der Waals surface area contributed by atoms with E-state index in [1.165, 1.54) is 5.56 Å². The van der Waals surface area contributed by atoms with Crippen molar-refractivity contribution in [1.82, 2.24) is 0 Å². The van der Waals surface area contributed by atoms with E-state index >= 15 is 0 Å². The third-order valence-electron chi connectivity index (χ3n) is 4.36. The quantitative estimate of drug-likeness (QED) is 0.818. The van der Waals surface area contributed by atoms with Gasteiger partial charge in [0.05, 0.1) is 6.61 Å². The van der Waals surface area contributed by atoms with Crippen molar-refractivity contribution < 1.29 is 14.6 Å². The van der Waals surface area contributed by atoms with Crippen molar-refractivity contribution in [3.05, 3.63) is 71.3 Å². The summed E-state index contributed by atoms with van der Waals surface area (Å²) < 4.78 is 5.39. The van der Waals surface area contributed by atoms with Gasteiger partial charge in [-0.25, -0.2) is 4.79 Å². The zero-order chi connectivity index (χ0) is 17.6. The van der Waals surface area contributed by atoms with Gasteiger partial charge in [0.15, 0.2) is 0 Å². The second-order valence-corrected chi connectivity index (χ2v) is 6.59. The van der Waals surface area contributed by atoms with E-state index in [1.807, 2.05) is 56.3 Å². The maximum Gasteiger partial charge on any atom is 0.405 e. The number of ether oxygens (including phenoxy) is 1. The van der Waals surface area contributed by atoms with Gasteiger partial charge < -0.3 is 15.6 Å². The summed E-state index contributed by atoms with van der Waals surface area (Å²) in [4.78, 5) is 11.3. The average molecular weight is 327 g/mol. The normalized spacial score (nSPS) is 12.6. The van der Waals surface area contributed by atoms with E-state index in [0.717, 1.165) is 24.0 Å². The van der Waals surface area contributed by atoms with E-state index in [9.17, 15) is 4.79 Å². The van der Waals surface area contributed by atoms with Gasteiger partial charge in [-0.2, -0.15) is 0 Å². The number of hydrogen-bond acceptors (Lipinski definition) is 3. The van der Waals surface area contributed by atoms with Crippen LogP contribution in [0.5, 0.6) is 0 Å². The Labute approximate surface area is 143 Å². The lowest BCUT2D eigenvalue weighted by Gasteiger charge is -2.34. The lowest BCUT2D eigenvalue weighted by atomic mass is 9.81. The molecule has 0 aliphatic carbocycles. The second-order valence-electron chi connectivity index (χ2n) is 6.59. The van der Waals surface area contributed by atoms with Gasteiger partial charge in [-0.3, -0.25) is 0 Å². The first-order chi connectivity index (χ1) is 11.4. The fourth-order valence-electron chi connectivity index (χ4n) is 2.87. The maximum absolute atomic E-state index is 11.3. The van der Waals surface area contributed by atoms with E-state index in [4.69, 9.17) is 15.6 Å². The second kappa shape index (κ2) is 7.97. The minimum atomic E-state index is -0.756. The Morgan fingerprint density at radius 3 is 2.00 bits per heavy atom. The molecule has 0 heterocycles. The smallest absolute Gasteiger partial charge is 0.405 e. The molecule has 0 radical (unpaired) electrons. The summed E-state index contributed by atoms with van der Waals surface area (Å²) in [5.74, 6) is 0.0763. The van der Waals surface area contributed by atoms with E-state index in [2.05, 4.69) is 12.1 Å². The van der Waals surface area contributed by atoms with Crippen LogP contribution in [0.1, 0.15) is 30.5 Å². The molecule has 0 saturated carbocycles. The van der Waals surface area contributed by atoms with Gasteiger partial charge >= 0.3 is 6.09 Å². The summed E-state index contributed by atoms with van der Waals surface area (Å²) in [5.41, 5.74) is 7.77. The van der Waals surface area contributed by atoms with Crippen molar-refractivity contribution in [2.45, 2.75) is 38.9 Å². The van der Waals surface area contributed by atoms with E-state index in [-0.39, 0.29) is 12.5 Å². The molecule has 1 amide bonds. The molecule has 4 nitrogen and oxygen atoms in total. The molecule has 0 spiro atoms. The van der Waals surface area contributed by atoms with Gasteiger partial charge in [0.2, 0.25) is 0 Å². The number of benzene rings is 2. The van der Waals surface area contributed by atoms with E-state index < -0.39 is 11.7 Å². The van der Waals surface area contributed by atoms with Gasteiger partial charge in [-0.1, -0.05) is 54.6 Å². The van der Waals surface area contributed by atoms with Crippen LogP contribution in [0.15, 0.2) is 54.6 Å². The number of nitrogens with two attached hydrogens (primary N) is 1. The number of aliphatic hydroxyl groups is 1. The van der Waals surface area contributed by atoms with Crippen LogP contribution in [-0.2, 0) is 24.2 Å². The summed E-state index contributed by atoms with van der Waals surface area (Å²) in [5, 5.41) is 9.16. The summed E-state index contributed by atoms with van der Waals surface area (Å²) in [7, 11) is 0. The fraction of sp³-hybridized carbons (Fsp3) is 0.350. The van der Waals surface area contributed by atoms with Crippen LogP contribution in [-0.4, -0.2) is 16.8 Å². The molecule has 0 aliphatic heterocycles. The molecule has 4 heteroatoms. The zero-order valence-corrected chi connectivity index (χ0v) is 14.2. The highest BCUT2D eigenvalue weighted by atomic mass is 16.6. The zero-order valence-electron chi connectivity index (χ0n) is 14.2. The Kier molecular flexibility index (Phi) is 5.99. The monoisotopic (exact) mass is 327 g/mol. The van der Waals surface area contributed by atoms with Crippen LogP contribution in [0.4, 0.5) is 4.79 Å². The highest BCUT2D eigenvalue weighted by molar-refractivity contribution is 5.65. The predicted octanol–water partition coefficient (Wildman–Crippen LogP) is 3.45. The van der Waals surface area contributed by atoms with Gasteiger partial charge in [0.1, 0.15) is 5.60 Å². The summed E-state index contributed by atoms with van der Waals surface area (Å²) >= 11 is 0. The molecule has 2 rings (SSSR count). The number of amides is 1. The highest BCUT2D eigenvalue weighted by Gasteiger charge is 2.33. The topological polar surface area (TPSA) is 72.5 Å². The Bertz CT molecular complexity index is 650. The third-order valence-corrected chi connectivity index (χ3v) is 4.36. The summed E-state index contributed by atoms with van der Waals surface area (Å²) in [6, 6.07) is 18.0. The number of primary amides is 1. The van der Waals surface area contributed by atoms with Gasteiger partial charge in [-0.15, -0.1) is 0 Å². The van der Waals surface area contributed by atoms with Gasteiger partial charge in [-0.05, 0) is 43.4 Å². The number of carbonyl (C=O) groups is 1. The number of carbonyl (C=O) groups excluding carboxylic acids is 1. The Hall–Kier alpha value is -2.33. The standard InChI is InChI=1S/C20H25NO3/c1-20(2,24-19(21)23)18(12-15-6-4-3-5-7-15)13-16-8-10-17(14-22)11-9-16/h3-11,18,22H,12-14H2,1-2H3,(H2,21,23). The van der Waals surface area contributed by atoms with E-state index in [0.29, 0.717) is 0 Å². The number of rotatable bonds is 7. The van der Waals surface area contributed by atoms with Crippen molar-refractivity contribution in [3.63, 3.8) is 0 Å². The number of aliphatic hydroxyl groups excluding tert-OH is 1. The minimum absolute atomic E-state index is 0.0317. The first-order valence-corrected chi connectivity index (χ1v) is 8.12. The van der Waals surface area contributed by atoms with Crippen molar-refractivity contribution in [3.8, 4) is 0 Å². The molecule has 0 bridgehead atoms. The molecule has 3 N–H and O–H groups in total. The number of hydrogen-bond donors (Lipinski definition) is 2. The highest BCUT2D eigenvalue weighted by Crippen LogP contribution is 2.29. The Morgan fingerprint density at radius 1 is 1.00 bits per heavy atom. The van der Waals surface area contributed by atoms with Gasteiger partial charge in [0.25, 0.3) is 0 Å². The largest absolute Gasteiger partial charge is 0.443 e. The molecule has 128 valence electrons. The molecule has 0 fully saturated rings. The molecule has 24 heavy (non-hydrogen) atoms. The molecular weight excluding hydrogens is 302 g/mol. The molecule has 1 atom stereocenters. The summed E-state index contributed by atoms with van der Waals surface area (Å²) in [6.07, 6.45) is 0.776. The Morgan fingerprint density at radius 2 is 1.50 bits per heavy atom. The van der Waals surface area contributed by atoms with Crippen molar-refractivity contribution >= 4 is 6.09 Å². The van der Waals surface area contributed by atoms with Crippen LogP contribution in [0.2, 0.25) is 0 Å². The van der Waals surface area contributed by atoms with Crippen LogP contribution >= 0.6 is 0 Å². The Balaban J connectivity index is 2.22. The molecule has 0 aromatic heterocycles. The first kappa shape index (κ1) is 18.0. The average Bonchev–Trinajstić information content (AvgIpc) is 2.55. The molecule has 2 aromatic rings. The van der Waals surface area contributed by atoms with Crippen molar-refractivity contribution in [2.24, 2.45) is 11.7 Å². The molecule has 0 saturated heterocycles. The van der Waals surface area contributed by atoms with Crippen LogP contribution in [0, 0.1) is 5.92 Å². The van der Waals surface area contributed by atoms with Crippen molar-refractivity contribution in [2.75, 3.05) is 0 Å². The van der Waals surface area contributed by atoms with Crippen LogP contribution in [0.3, 0.4) is 0 Å². The lowest BCUT2D eigenvalue weighted by Crippen LogP contribution is -2.40. The third kappa shape index (κ3) is 5.10. The van der Waals surface area contributed by atoms with E-state index in [1.54, 1.807) is 0 Å². The van der Waals surface area contributed by atoms with Gasteiger partial charge in [0, 0.05) is 5.92 Å². The first-order valence-electron chi connectivity index (χ1n) is 8.12. The molecular formula is C20H25NO3. The minimum Gasteiger partial charge on any atom is -0.443 e. The molecule has 2 aromatic carbocycles. The molecule has 0 aliphatic rings. The maximum atomic E-state index is 11.3. The SMILES string of the molecule is CC(C)(OC(N)=O)C(Cc1ccccc1)Cc1ccc(CO)cc1. The van der Waals surface area contributed by atoms with Crippen LogP contribution < -0.4 is 5.73 Å². The van der Waals surface area contributed by atoms with Crippen LogP contribution in [0.25, 0.3) is 0 Å². The fourth-order valence-corrected chi connectivity index (χ4v) is 2.87. The lowest BCUT2D eigenvalue weighted by molar-refractivity contribution is -0.00141. The molecule has 1 unspecified atom stereocenters. The predicted molar refractivity (Wildman–Crippen MR) is 94.5 cm³/mol. The summed E-state index contributed by atoms with van der Waals surface area (Å²) in [6.45, 7) is 3.82.